The number of nitrogens with two attached hydrogens (primary N) is 2. The summed E-state index contributed by atoms with van der Waals surface area (Å²) in [4.78, 5) is 1.25. The van der Waals surface area contributed by atoms with E-state index in [-0.39, 0.29) is 6.04 Å². The van der Waals surface area contributed by atoms with Crippen LogP contribution < -0.4 is 11.5 Å². The maximum atomic E-state index is 5.75. The van der Waals surface area contributed by atoms with Crippen molar-refractivity contribution >= 4 is 11.8 Å². The van der Waals surface area contributed by atoms with Gasteiger partial charge < -0.3 is 11.5 Å². The second-order valence-electron chi connectivity index (χ2n) is 2.62. The lowest BCUT2D eigenvalue weighted by atomic mass is 10.1. The first-order valence-electron chi connectivity index (χ1n) is 3.87. The quantitative estimate of drug-likeness (QED) is 0.694. The van der Waals surface area contributed by atoms with Crippen molar-refractivity contribution in [3.63, 3.8) is 0 Å². The van der Waals surface area contributed by atoms with Crippen LogP contribution in [-0.4, -0.2) is 12.8 Å². The molecule has 0 aromatic heterocycles. The van der Waals surface area contributed by atoms with E-state index in [1.807, 2.05) is 12.1 Å². The summed E-state index contributed by atoms with van der Waals surface area (Å²) >= 11 is 1.72. The number of hydrogen-bond donors (Lipinski definition) is 2. The van der Waals surface area contributed by atoms with Crippen LogP contribution in [0.2, 0.25) is 0 Å². The first-order chi connectivity index (χ1) is 5.77. The predicted octanol–water partition coefficient (Wildman–Crippen LogP) is 1.37. The van der Waals surface area contributed by atoms with Gasteiger partial charge in [-0.05, 0) is 24.0 Å². The minimum Gasteiger partial charge on any atom is -0.329 e. The Morgan fingerprint density at radius 3 is 2.33 bits per heavy atom. The van der Waals surface area contributed by atoms with E-state index in [1.165, 1.54) is 4.90 Å². The van der Waals surface area contributed by atoms with Gasteiger partial charge in [-0.2, -0.15) is 0 Å². The highest BCUT2D eigenvalue weighted by Crippen LogP contribution is 2.17. The molecule has 0 radical (unpaired) electrons. The van der Waals surface area contributed by atoms with Crippen molar-refractivity contribution in [1.29, 1.82) is 0 Å². The molecule has 1 atom stereocenters. The molecular weight excluding hydrogens is 168 g/mol. The van der Waals surface area contributed by atoms with Crippen molar-refractivity contribution in [2.45, 2.75) is 10.9 Å². The van der Waals surface area contributed by atoms with Crippen LogP contribution in [0.4, 0.5) is 0 Å². The summed E-state index contributed by atoms with van der Waals surface area (Å²) in [6, 6.07) is 8.17. The Morgan fingerprint density at radius 1 is 1.33 bits per heavy atom. The molecule has 0 aliphatic carbocycles. The van der Waals surface area contributed by atoms with Crippen molar-refractivity contribution in [2.75, 3.05) is 12.8 Å². The Labute approximate surface area is 77.3 Å². The molecule has 0 fully saturated rings. The molecule has 4 N–H and O–H groups in total. The van der Waals surface area contributed by atoms with Gasteiger partial charge in [0.15, 0.2) is 0 Å². The molecule has 2 nitrogen and oxygen atoms in total. The molecular formula is C9H14N2S. The third-order valence-corrected chi connectivity index (χ3v) is 2.54. The van der Waals surface area contributed by atoms with E-state index in [4.69, 9.17) is 11.5 Å². The van der Waals surface area contributed by atoms with Gasteiger partial charge in [-0.15, -0.1) is 11.8 Å². The maximum absolute atomic E-state index is 5.75. The summed E-state index contributed by atoms with van der Waals surface area (Å²) < 4.78 is 0. The molecule has 0 saturated heterocycles. The number of benzene rings is 1. The molecule has 1 rings (SSSR count). The number of thioether (sulfide) groups is 1. The minimum absolute atomic E-state index is 0.0269. The van der Waals surface area contributed by atoms with Crippen LogP contribution in [0.15, 0.2) is 29.2 Å². The lowest BCUT2D eigenvalue weighted by Gasteiger charge is -2.08. The molecule has 0 aliphatic heterocycles. The SMILES string of the molecule is CSc1ccc(C(N)CN)cc1. The fourth-order valence-electron chi connectivity index (χ4n) is 0.987. The molecule has 66 valence electrons. The minimum atomic E-state index is -0.0269. The first kappa shape index (κ1) is 9.58. The summed E-state index contributed by atoms with van der Waals surface area (Å²) in [5.74, 6) is 0. The normalized spacial score (nSPS) is 12.9. The standard InChI is InChI=1S/C9H14N2S/c1-12-8-4-2-7(3-5-8)9(11)6-10/h2-5,9H,6,10-11H2,1H3. The van der Waals surface area contributed by atoms with Crippen molar-refractivity contribution in [3.8, 4) is 0 Å². The topological polar surface area (TPSA) is 52.0 Å². The van der Waals surface area contributed by atoms with Crippen molar-refractivity contribution < 1.29 is 0 Å². The molecule has 0 spiro atoms. The van der Waals surface area contributed by atoms with Gasteiger partial charge in [0, 0.05) is 17.5 Å². The van der Waals surface area contributed by atoms with Crippen LogP contribution in [0, 0.1) is 0 Å². The molecule has 0 aliphatic rings. The van der Waals surface area contributed by atoms with Gasteiger partial charge >= 0.3 is 0 Å². The van der Waals surface area contributed by atoms with E-state index in [1.54, 1.807) is 11.8 Å². The van der Waals surface area contributed by atoms with Crippen molar-refractivity contribution in [2.24, 2.45) is 11.5 Å². The smallest absolute Gasteiger partial charge is 0.0419 e. The molecule has 0 saturated carbocycles. The lowest BCUT2D eigenvalue weighted by Crippen LogP contribution is -2.20. The first-order valence-corrected chi connectivity index (χ1v) is 5.10. The van der Waals surface area contributed by atoms with Crippen LogP contribution in [0.25, 0.3) is 0 Å². The van der Waals surface area contributed by atoms with E-state index >= 15 is 0 Å². The van der Waals surface area contributed by atoms with Crippen molar-refractivity contribution in [1.82, 2.24) is 0 Å². The summed E-state index contributed by atoms with van der Waals surface area (Å²) in [6.45, 7) is 0.499. The molecule has 0 amide bonds. The average Bonchev–Trinajstić information content (AvgIpc) is 2.17. The third-order valence-electron chi connectivity index (χ3n) is 1.80. The van der Waals surface area contributed by atoms with Gasteiger partial charge in [0.05, 0.1) is 0 Å². The van der Waals surface area contributed by atoms with Crippen LogP contribution in [0.3, 0.4) is 0 Å². The zero-order valence-electron chi connectivity index (χ0n) is 7.16. The van der Waals surface area contributed by atoms with Gasteiger partial charge in [-0.3, -0.25) is 0 Å². The molecule has 1 unspecified atom stereocenters. The van der Waals surface area contributed by atoms with Gasteiger partial charge in [-0.25, -0.2) is 0 Å². The highest BCUT2D eigenvalue weighted by atomic mass is 32.2. The van der Waals surface area contributed by atoms with E-state index < -0.39 is 0 Å². The summed E-state index contributed by atoms with van der Waals surface area (Å²) in [6.07, 6.45) is 2.05. The zero-order chi connectivity index (χ0) is 8.97. The average molecular weight is 182 g/mol. The monoisotopic (exact) mass is 182 g/mol. The third kappa shape index (κ3) is 2.24. The Kier molecular flexibility index (Phi) is 3.59. The lowest BCUT2D eigenvalue weighted by molar-refractivity contribution is 0.736. The Bertz CT molecular complexity index is 233. The van der Waals surface area contributed by atoms with E-state index in [0.717, 1.165) is 5.56 Å². The summed E-state index contributed by atoms with van der Waals surface area (Å²) in [5, 5.41) is 0. The molecule has 0 bridgehead atoms. The molecule has 12 heavy (non-hydrogen) atoms. The van der Waals surface area contributed by atoms with Crippen LogP contribution in [0.5, 0.6) is 0 Å². The molecule has 3 heteroatoms. The molecule has 1 aromatic rings. The van der Waals surface area contributed by atoms with Gasteiger partial charge in [0.2, 0.25) is 0 Å². The van der Waals surface area contributed by atoms with Crippen LogP contribution in [-0.2, 0) is 0 Å². The second-order valence-corrected chi connectivity index (χ2v) is 3.50. The van der Waals surface area contributed by atoms with Crippen LogP contribution >= 0.6 is 11.8 Å². The van der Waals surface area contributed by atoms with Gasteiger partial charge in [0.25, 0.3) is 0 Å². The van der Waals surface area contributed by atoms with E-state index in [2.05, 4.69) is 18.4 Å². The van der Waals surface area contributed by atoms with E-state index in [0.29, 0.717) is 6.54 Å². The van der Waals surface area contributed by atoms with Crippen LogP contribution in [0.1, 0.15) is 11.6 Å². The largest absolute Gasteiger partial charge is 0.329 e. The maximum Gasteiger partial charge on any atom is 0.0419 e. The molecule has 0 heterocycles. The Morgan fingerprint density at radius 2 is 1.92 bits per heavy atom. The van der Waals surface area contributed by atoms with Gasteiger partial charge in [0.1, 0.15) is 0 Å². The van der Waals surface area contributed by atoms with Gasteiger partial charge in [-0.1, -0.05) is 12.1 Å². The number of rotatable bonds is 3. The van der Waals surface area contributed by atoms with Crippen molar-refractivity contribution in [3.05, 3.63) is 29.8 Å². The highest BCUT2D eigenvalue weighted by molar-refractivity contribution is 7.98. The van der Waals surface area contributed by atoms with E-state index in [9.17, 15) is 0 Å². The number of hydrogen-bond acceptors (Lipinski definition) is 3. The summed E-state index contributed by atoms with van der Waals surface area (Å²) in [5.41, 5.74) is 12.3. The second kappa shape index (κ2) is 4.50. The Balaban J connectivity index is 2.77. The highest BCUT2D eigenvalue weighted by Gasteiger charge is 2.01. The fourth-order valence-corrected chi connectivity index (χ4v) is 1.40. The Hall–Kier alpha value is -0.510. The fraction of sp³-hybridized carbons (Fsp3) is 0.333. The predicted molar refractivity (Wildman–Crippen MR) is 54.2 cm³/mol. The zero-order valence-corrected chi connectivity index (χ0v) is 7.97. The summed E-state index contributed by atoms with van der Waals surface area (Å²) in [7, 11) is 0. The molecule has 1 aromatic carbocycles.